The molecular formula is C21H33N5O. The monoisotopic (exact) mass is 371 g/mol. The third-order valence-electron chi connectivity index (χ3n) is 5.69. The molecule has 1 saturated heterocycles. The van der Waals surface area contributed by atoms with Gasteiger partial charge in [0.05, 0.1) is 12.5 Å². The van der Waals surface area contributed by atoms with E-state index in [0.29, 0.717) is 18.5 Å². The van der Waals surface area contributed by atoms with Crippen molar-refractivity contribution in [3.63, 3.8) is 0 Å². The van der Waals surface area contributed by atoms with E-state index in [1.165, 1.54) is 37.7 Å². The molecular weight excluding hydrogens is 338 g/mol. The first kappa shape index (κ1) is 19.7. The predicted octanol–water partition coefficient (Wildman–Crippen LogP) is 2.12. The van der Waals surface area contributed by atoms with Gasteiger partial charge in [0.15, 0.2) is 5.96 Å². The van der Waals surface area contributed by atoms with Crippen LogP contribution in [0.25, 0.3) is 0 Å². The van der Waals surface area contributed by atoms with E-state index in [4.69, 9.17) is 11.5 Å². The summed E-state index contributed by atoms with van der Waals surface area (Å²) in [6, 6.07) is 8.95. The molecule has 1 aromatic carbocycles. The lowest BCUT2D eigenvalue weighted by molar-refractivity contribution is -0.123. The van der Waals surface area contributed by atoms with Gasteiger partial charge in [0.25, 0.3) is 0 Å². The third kappa shape index (κ3) is 6.24. The molecule has 6 heteroatoms. The number of carbonyl (C=O) groups is 1. The number of carbonyl (C=O) groups excluding carboxylic acids is 1. The molecule has 1 unspecified atom stereocenters. The van der Waals surface area contributed by atoms with Crippen LogP contribution in [0.3, 0.4) is 0 Å². The highest BCUT2D eigenvalue weighted by molar-refractivity contribution is 5.78. The Morgan fingerprint density at radius 2 is 1.89 bits per heavy atom. The molecule has 5 N–H and O–H groups in total. The largest absolute Gasteiger partial charge is 0.370 e. The van der Waals surface area contributed by atoms with Gasteiger partial charge in [-0.1, -0.05) is 43.5 Å². The Balaban J connectivity index is 1.52. The van der Waals surface area contributed by atoms with Crippen LogP contribution in [0.1, 0.15) is 56.1 Å². The van der Waals surface area contributed by atoms with E-state index in [9.17, 15) is 4.79 Å². The summed E-state index contributed by atoms with van der Waals surface area (Å²) in [6.07, 6.45) is 8.20. The van der Waals surface area contributed by atoms with Crippen molar-refractivity contribution in [3.8, 4) is 0 Å². The summed E-state index contributed by atoms with van der Waals surface area (Å²) in [5.74, 6) is 0.355. The standard InChI is InChI=1S/C21H33N5O/c22-20(27)18-8-5-11-26(15-18)14-17-7-4-6-16(12-17)13-24-21(23)25-19-9-2-1-3-10-19/h4,6-7,12,18-19H,1-3,5,8-11,13-15H2,(H2,22,27)(H3,23,24,25). The second-order valence-corrected chi connectivity index (χ2v) is 7.98. The minimum absolute atomic E-state index is 0.0165. The fourth-order valence-corrected chi connectivity index (χ4v) is 4.19. The Bertz CT molecular complexity index is 654. The lowest BCUT2D eigenvalue weighted by Crippen LogP contribution is -2.41. The van der Waals surface area contributed by atoms with Crippen LogP contribution in [0.15, 0.2) is 29.3 Å². The maximum absolute atomic E-state index is 11.5. The first-order chi connectivity index (χ1) is 13.1. The average Bonchev–Trinajstić information content (AvgIpc) is 2.68. The van der Waals surface area contributed by atoms with Gasteiger partial charge in [-0.2, -0.15) is 0 Å². The topological polar surface area (TPSA) is 96.7 Å². The molecule has 6 nitrogen and oxygen atoms in total. The SMILES string of the molecule is NC(=O)C1CCCN(Cc2cccc(CN=C(N)NC3CCCCC3)c2)C1. The Labute approximate surface area is 162 Å². The molecule has 0 aromatic heterocycles. The first-order valence-corrected chi connectivity index (χ1v) is 10.3. The molecule has 1 atom stereocenters. The molecule has 2 aliphatic rings. The molecule has 0 bridgehead atoms. The lowest BCUT2D eigenvalue weighted by Gasteiger charge is -2.31. The molecule has 1 aliphatic heterocycles. The predicted molar refractivity (Wildman–Crippen MR) is 109 cm³/mol. The molecule has 1 amide bonds. The van der Waals surface area contributed by atoms with Crippen LogP contribution in [0.2, 0.25) is 0 Å². The van der Waals surface area contributed by atoms with Crippen LogP contribution in [-0.2, 0) is 17.9 Å². The van der Waals surface area contributed by atoms with Gasteiger partial charge in [0.1, 0.15) is 0 Å². The normalized spacial score (nSPS) is 22.5. The molecule has 1 saturated carbocycles. The maximum atomic E-state index is 11.5. The number of amides is 1. The number of hydrogen-bond acceptors (Lipinski definition) is 3. The van der Waals surface area contributed by atoms with Crippen LogP contribution in [0, 0.1) is 5.92 Å². The maximum Gasteiger partial charge on any atom is 0.221 e. The Hall–Kier alpha value is -2.08. The van der Waals surface area contributed by atoms with Crippen molar-refractivity contribution < 1.29 is 4.79 Å². The van der Waals surface area contributed by atoms with Crippen molar-refractivity contribution in [3.05, 3.63) is 35.4 Å². The van der Waals surface area contributed by atoms with E-state index < -0.39 is 0 Å². The zero-order chi connectivity index (χ0) is 19.1. The van der Waals surface area contributed by atoms with E-state index >= 15 is 0 Å². The summed E-state index contributed by atoms with van der Waals surface area (Å²) >= 11 is 0. The zero-order valence-electron chi connectivity index (χ0n) is 16.2. The summed E-state index contributed by atoms with van der Waals surface area (Å²) < 4.78 is 0. The average molecular weight is 372 g/mol. The molecule has 0 radical (unpaired) electrons. The number of guanidine groups is 1. The van der Waals surface area contributed by atoms with Crippen LogP contribution in [0.5, 0.6) is 0 Å². The van der Waals surface area contributed by atoms with Gasteiger partial charge in [-0.05, 0) is 43.4 Å². The fourth-order valence-electron chi connectivity index (χ4n) is 4.19. The van der Waals surface area contributed by atoms with Crippen LogP contribution in [0.4, 0.5) is 0 Å². The Morgan fingerprint density at radius 1 is 1.11 bits per heavy atom. The van der Waals surface area contributed by atoms with Crippen molar-refractivity contribution in [2.75, 3.05) is 13.1 Å². The molecule has 1 aliphatic carbocycles. The molecule has 27 heavy (non-hydrogen) atoms. The number of likely N-dealkylation sites (tertiary alicyclic amines) is 1. The molecule has 148 valence electrons. The van der Waals surface area contributed by atoms with Gasteiger partial charge in [-0.3, -0.25) is 9.69 Å². The number of primary amides is 1. The summed E-state index contributed by atoms with van der Waals surface area (Å²) in [6.45, 7) is 3.21. The van der Waals surface area contributed by atoms with E-state index in [1.807, 2.05) is 0 Å². The van der Waals surface area contributed by atoms with E-state index in [-0.39, 0.29) is 11.8 Å². The van der Waals surface area contributed by atoms with E-state index in [2.05, 4.69) is 39.5 Å². The third-order valence-corrected chi connectivity index (χ3v) is 5.69. The number of benzene rings is 1. The smallest absolute Gasteiger partial charge is 0.221 e. The second-order valence-electron chi connectivity index (χ2n) is 7.98. The van der Waals surface area contributed by atoms with Gasteiger partial charge in [0.2, 0.25) is 5.91 Å². The van der Waals surface area contributed by atoms with E-state index in [0.717, 1.165) is 38.0 Å². The minimum atomic E-state index is -0.177. The van der Waals surface area contributed by atoms with Crippen molar-refractivity contribution in [1.82, 2.24) is 10.2 Å². The van der Waals surface area contributed by atoms with Crippen LogP contribution < -0.4 is 16.8 Å². The van der Waals surface area contributed by atoms with Gasteiger partial charge in [-0.25, -0.2) is 4.99 Å². The van der Waals surface area contributed by atoms with Gasteiger partial charge in [0, 0.05) is 19.1 Å². The van der Waals surface area contributed by atoms with Crippen LogP contribution >= 0.6 is 0 Å². The van der Waals surface area contributed by atoms with Crippen molar-refractivity contribution >= 4 is 11.9 Å². The molecule has 1 heterocycles. The quantitative estimate of drug-likeness (QED) is 0.527. The summed E-state index contributed by atoms with van der Waals surface area (Å²) in [7, 11) is 0. The van der Waals surface area contributed by atoms with Crippen LogP contribution in [-0.4, -0.2) is 35.9 Å². The summed E-state index contributed by atoms with van der Waals surface area (Å²) in [5.41, 5.74) is 14.0. The number of nitrogens with two attached hydrogens (primary N) is 2. The lowest BCUT2D eigenvalue weighted by atomic mass is 9.96. The molecule has 3 rings (SSSR count). The highest BCUT2D eigenvalue weighted by atomic mass is 16.1. The number of hydrogen-bond donors (Lipinski definition) is 3. The van der Waals surface area contributed by atoms with E-state index in [1.54, 1.807) is 0 Å². The first-order valence-electron chi connectivity index (χ1n) is 10.3. The summed E-state index contributed by atoms with van der Waals surface area (Å²) in [4.78, 5) is 18.3. The van der Waals surface area contributed by atoms with Crippen molar-refractivity contribution in [2.45, 2.75) is 64.1 Å². The highest BCUT2D eigenvalue weighted by Gasteiger charge is 2.23. The fraction of sp³-hybridized carbons (Fsp3) is 0.619. The number of nitrogens with one attached hydrogen (secondary N) is 1. The Morgan fingerprint density at radius 3 is 2.67 bits per heavy atom. The zero-order valence-corrected chi connectivity index (χ0v) is 16.2. The molecule has 1 aromatic rings. The van der Waals surface area contributed by atoms with Crippen molar-refractivity contribution in [1.29, 1.82) is 0 Å². The highest BCUT2D eigenvalue weighted by Crippen LogP contribution is 2.19. The minimum Gasteiger partial charge on any atom is -0.370 e. The van der Waals surface area contributed by atoms with Gasteiger partial charge in [-0.15, -0.1) is 0 Å². The van der Waals surface area contributed by atoms with Gasteiger partial charge < -0.3 is 16.8 Å². The molecule has 2 fully saturated rings. The molecule has 0 spiro atoms. The number of nitrogens with zero attached hydrogens (tertiary/aromatic N) is 2. The summed E-state index contributed by atoms with van der Waals surface area (Å²) in [5, 5.41) is 3.36. The van der Waals surface area contributed by atoms with Gasteiger partial charge >= 0.3 is 0 Å². The van der Waals surface area contributed by atoms with Crippen molar-refractivity contribution in [2.24, 2.45) is 22.4 Å². The Kier molecular flexibility index (Phi) is 7.10. The number of piperidine rings is 1. The number of rotatable bonds is 6. The second kappa shape index (κ2) is 9.74. The number of aliphatic imine (C=N–C) groups is 1.